The summed E-state index contributed by atoms with van der Waals surface area (Å²) in [5, 5.41) is 20.3. The van der Waals surface area contributed by atoms with E-state index in [1.54, 1.807) is 19.1 Å². The zero-order valence-corrected chi connectivity index (χ0v) is 20.9. The van der Waals surface area contributed by atoms with E-state index in [0.29, 0.717) is 11.4 Å². The van der Waals surface area contributed by atoms with Gasteiger partial charge in [-0.2, -0.15) is 18.9 Å². The van der Waals surface area contributed by atoms with Crippen LogP contribution in [0.5, 0.6) is 0 Å². The molecule has 1 heterocycles. The van der Waals surface area contributed by atoms with Gasteiger partial charge in [0, 0.05) is 108 Å². The number of hydrogen-bond donors (Lipinski definition) is 2. The minimum Gasteiger partial charge on any atom is -0.295 e. The van der Waals surface area contributed by atoms with E-state index in [0.717, 1.165) is 16.8 Å². The molecule has 0 unspecified atom stereocenters. The van der Waals surface area contributed by atoms with Gasteiger partial charge in [0.05, 0.1) is 16.1 Å². The van der Waals surface area contributed by atoms with Crippen molar-refractivity contribution < 1.29 is 13.0 Å². The summed E-state index contributed by atoms with van der Waals surface area (Å²) in [5.74, 6) is 0. The molecule has 0 fully saturated rings. The van der Waals surface area contributed by atoms with Crippen LogP contribution < -0.4 is 5.56 Å². The van der Waals surface area contributed by atoms with Gasteiger partial charge < -0.3 is 0 Å². The van der Waals surface area contributed by atoms with Crippen LogP contribution in [0.3, 0.4) is 0 Å². The summed E-state index contributed by atoms with van der Waals surface area (Å²) in [6.07, 6.45) is 1.18. The van der Waals surface area contributed by atoms with Gasteiger partial charge in [-0.3, -0.25) is 14.4 Å². The Balaban J connectivity index is 0.00000288. The fraction of sp³-hybridized carbons (Fsp3) is 0.0714. The van der Waals surface area contributed by atoms with Crippen LogP contribution in [0.15, 0.2) is 39.5 Å². The Hall–Kier alpha value is 0.133. The Morgan fingerprint density at radius 2 is 1.72 bits per heavy atom. The van der Waals surface area contributed by atoms with Crippen molar-refractivity contribution in [2.24, 2.45) is 0 Å². The molecule has 2 rings (SSSR count). The van der Waals surface area contributed by atoms with Crippen molar-refractivity contribution in [3.05, 3.63) is 51.4 Å². The molecule has 25 heavy (non-hydrogen) atoms. The van der Waals surface area contributed by atoms with E-state index in [2.05, 4.69) is 5.10 Å². The molecular weight excluding hydrogens is 398 g/mol. The number of nitrogens with zero attached hydrogens (tertiary/aromatic N) is 3. The monoisotopic (exact) mass is 408 g/mol. The van der Waals surface area contributed by atoms with Crippen molar-refractivity contribution in [3.8, 4) is 17.8 Å². The number of benzene rings is 1. The van der Waals surface area contributed by atoms with Crippen LogP contribution in [-0.4, -0.2) is 126 Å². The Morgan fingerprint density at radius 1 is 1.20 bits per heavy atom. The number of aryl methyl sites for hydroxylation is 1. The maximum absolute atomic E-state index is 12.3. The topological polar surface area (TPSA) is 140 Å². The van der Waals surface area contributed by atoms with Crippen LogP contribution in [0.1, 0.15) is 11.3 Å². The second kappa shape index (κ2) is 10.5. The average Bonchev–Trinajstić information content (AvgIpc) is 2.79. The number of aromatic nitrogens is 2. The van der Waals surface area contributed by atoms with Crippen LogP contribution in [0.4, 0.5) is 0 Å². The summed E-state index contributed by atoms with van der Waals surface area (Å²) in [5.41, 5.74) is 0.225. The van der Waals surface area contributed by atoms with Crippen molar-refractivity contribution >= 4 is 119 Å². The zero-order valence-electron chi connectivity index (χ0n) is 13.8. The summed E-state index contributed by atoms with van der Waals surface area (Å²) in [6.45, 7) is 1.60. The Morgan fingerprint density at radius 3 is 2.16 bits per heavy atom. The SMILES string of the molecule is Cc1[nH]n(-c2ccc(S(=O)(=O)O)cc2)c(=O)c1C=C(C#N)C#N.[K].[K]. The predicted molar refractivity (Wildman–Crippen MR) is 91.7 cm³/mol. The van der Waals surface area contributed by atoms with Crippen molar-refractivity contribution in [2.45, 2.75) is 11.8 Å². The van der Waals surface area contributed by atoms with Crippen molar-refractivity contribution in [1.82, 2.24) is 9.78 Å². The number of allylic oxidation sites excluding steroid dienone is 1. The van der Waals surface area contributed by atoms with Gasteiger partial charge in [-0.05, 0) is 37.3 Å². The quantitative estimate of drug-likeness (QED) is 0.428. The van der Waals surface area contributed by atoms with Gasteiger partial charge in [-0.1, -0.05) is 0 Å². The molecular formula is C14H10K2N4O4S. The molecule has 0 aliphatic carbocycles. The molecule has 0 aliphatic heterocycles. The Kier molecular flexibility index (Phi) is 10.5. The second-order valence-electron chi connectivity index (χ2n) is 4.54. The third-order valence-electron chi connectivity index (χ3n) is 3.04. The van der Waals surface area contributed by atoms with Crippen LogP contribution in [-0.2, 0) is 10.1 Å². The summed E-state index contributed by atoms with van der Waals surface area (Å²) < 4.78 is 32.1. The number of nitriles is 2. The van der Waals surface area contributed by atoms with Gasteiger partial charge in [0.2, 0.25) is 0 Å². The minimum atomic E-state index is -4.32. The molecule has 118 valence electrons. The molecule has 0 atom stereocenters. The number of hydrogen-bond acceptors (Lipinski definition) is 5. The van der Waals surface area contributed by atoms with Gasteiger partial charge >= 0.3 is 0 Å². The first-order valence-electron chi connectivity index (χ1n) is 6.19. The largest absolute Gasteiger partial charge is 0.295 e. The third-order valence-corrected chi connectivity index (χ3v) is 3.91. The maximum Gasteiger partial charge on any atom is 0.294 e. The molecule has 0 saturated heterocycles. The second-order valence-corrected chi connectivity index (χ2v) is 5.96. The van der Waals surface area contributed by atoms with Crippen LogP contribution in [0.2, 0.25) is 0 Å². The minimum absolute atomic E-state index is 0. The standard InChI is InChI=1S/C14H10N4O4S.2K/c1-9-13(6-10(7-15)8-16)14(19)18(17-9)11-2-4-12(5-3-11)23(20,21)22;;/h2-6,17H,1H3,(H,20,21,22);;. The maximum atomic E-state index is 12.3. The van der Waals surface area contributed by atoms with Crippen molar-refractivity contribution in [2.75, 3.05) is 0 Å². The molecule has 0 bridgehead atoms. The number of aromatic amines is 1. The predicted octanol–water partition coefficient (Wildman–Crippen LogP) is 0.390. The first-order valence-corrected chi connectivity index (χ1v) is 7.63. The number of H-pyrrole nitrogens is 1. The van der Waals surface area contributed by atoms with E-state index < -0.39 is 15.7 Å². The van der Waals surface area contributed by atoms with E-state index in [-0.39, 0.29) is 119 Å². The van der Waals surface area contributed by atoms with Gasteiger partial charge in [-0.25, -0.2) is 4.68 Å². The van der Waals surface area contributed by atoms with E-state index in [9.17, 15) is 13.2 Å². The molecule has 2 aromatic rings. The molecule has 0 saturated carbocycles. The molecule has 11 heteroatoms. The molecule has 0 spiro atoms. The van der Waals surface area contributed by atoms with E-state index >= 15 is 0 Å². The molecule has 2 radical (unpaired) electrons. The van der Waals surface area contributed by atoms with Crippen LogP contribution in [0, 0.1) is 29.6 Å². The zero-order chi connectivity index (χ0) is 17.2. The van der Waals surface area contributed by atoms with E-state index in [4.69, 9.17) is 15.1 Å². The Bertz CT molecular complexity index is 1020. The summed E-state index contributed by atoms with van der Waals surface area (Å²) in [7, 11) is -4.32. The molecule has 2 N–H and O–H groups in total. The van der Waals surface area contributed by atoms with Crippen LogP contribution >= 0.6 is 0 Å². The van der Waals surface area contributed by atoms with Gasteiger partial charge in [0.15, 0.2) is 0 Å². The molecule has 1 aromatic heterocycles. The van der Waals surface area contributed by atoms with Crippen molar-refractivity contribution in [1.29, 1.82) is 10.5 Å². The molecule has 1 aromatic carbocycles. The Labute approximate surface area is 229 Å². The molecule has 8 nitrogen and oxygen atoms in total. The third kappa shape index (κ3) is 6.07. The first kappa shape index (κ1) is 25.1. The van der Waals surface area contributed by atoms with Gasteiger partial charge in [-0.15, -0.1) is 0 Å². The van der Waals surface area contributed by atoms with Gasteiger partial charge in [0.1, 0.15) is 17.7 Å². The first-order chi connectivity index (χ1) is 10.8. The fourth-order valence-corrected chi connectivity index (χ4v) is 2.39. The van der Waals surface area contributed by atoms with E-state index in [1.807, 2.05) is 0 Å². The van der Waals surface area contributed by atoms with Crippen molar-refractivity contribution in [3.63, 3.8) is 0 Å². The molecule has 0 amide bonds. The normalized spacial score (nSPS) is 9.76. The van der Waals surface area contributed by atoms with E-state index in [1.165, 1.54) is 18.2 Å². The smallest absolute Gasteiger partial charge is 0.294 e. The van der Waals surface area contributed by atoms with Gasteiger partial charge in [0.25, 0.3) is 15.7 Å². The fourth-order valence-electron chi connectivity index (χ4n) is 1.91. The number of rotatable bonds is 3. The van der Waals surface area contributed by atoms with Crippen LogP contribution in [0.25, 0.3) is 11.8 Å². The number of nitrogens with one attached hydrogen (secondary N) is 1. The summed E-state index contributed by atoms with van der Waals surface area (Å²) >= 11 is 0. The summed E-state index contributed by atoms with van der Waals surface area (Å²) in [6, 6.07) is 8.32. The molecule has 0 aliphatic rings. The summed E-state index contributed by atoms with van der Waals surface area (Å²) in [4.78, 5) is 12.0. The average molecular weight is 409 g/mol.